The van der Waals surface area contributed by atoms with Gasteiger partial charge in [0, 0.05) is 7.05 Å². The highest BCUT2D eigenvalue weighted by molar-refractivity contribution is 6.37. The first-order valence-corrected chi connectivity index (χ1v) is 6.61. The third-order valence-corrected chi connectivity index (χ3v) is 3.39. The van der Waals surface area contributed by atoms with E-state index in [4.69, 9.17) is 33.8 Å². The van der Waals surface area contributed by atoms with Crippen molar-refractivity contribution in [2.75, 3.05) is 5.43 Å². The molecule has 0 radical (unpaired) electrons. The van der Waals surface area contributed by atoms with E-state index >= 15 is 0 Å². The number of anilines is 1. The highest BCUT2D eigenvalue weighted by Crippen LogP contribution is 2.39. The van der Waals surface area contributed by atoms with Gasteiger partial charge in [-0.25, -0.2) is 9.97 Å². The first kappa shape index (κ1) is 13.9. The van der Waals surface area contributed by atoms with Crippen LogP contribution in [-0.2, 0) is 7.05 Å². The summed E-state index contributed by atoms with van der Waals surface area (Å²) in [5.41, 5.74) is 4.21. The Morgan fingerprint density at radius 3 is 2.57 bits per heavy atom. The van der Waals surface area contributed by atoms with Crippen LogP contribution in [0.1, 0.15) is 0 Å². The second-order valence-corrected chi connectivity index (χ2v) is 5.04. The Kier molecular flexibility index (Phi) is 3.54. The number of imidazole rings is 1. The zero-order valence-corrected chi connectivity index (χ0v) is 12.4. The molecule has 2 aromatic heterocycles. The van der Waals surface area contributed by atoms with Gasteiger partial charge < -0.3 is 14.7 Å². The minimum Gasteiger partial charge on any atom is -0.434 e. The third-order valence-electron chi connectivity index (χ3n) is 2.83. The molecule has 0 aliphatic heterocycles. The fraction of sp³-hybridized carbons (Fsp3) is 0.0833. The lowest BCUT2D eigenvalue weighted by molar-refractivity contribution is 0.467. The number of hydrogen-bond acceptors (Lipinski definition) is 6. The number of halogens is 2. The molecule has 21 heavy (non-hydrogen) atoms. The largest absolute Gasteiger partial charge is 0.434 e. The van der Waals surface area contributed by atoms with Gasteiger partial charge in [0.1, 0.15) is 6.33 Å². The number of fused-ring (bicyclic) bond motifs is 1. The smallest absolute Gasteiger partial charge is 0.251 e. The fourth-order valence-corrected chi connectivity index (χ4v) is 2.40. The summed E-state index contributed by atoms with van der Waals surface area (Å²) in [5, 5.41) is 0.608. The van der Waals surface area contributed by atoms with E-state index in [2.05, 4.69) is 20.4 Å². The molecule has 9 heteroatoms. The quantitative estimate of drug-likeness (QED) is 0.568. The highest BCUT2D eigenvalue weighted by Gasteiger charge is 2.15. The Morgan fingerprint density at radius 1 is 1.19 bits per heavy atom. The number of benzene rings is 1. The van der Waals surface area contributed by atoms with Crippen molar-refractivity contribution < 1.29 is 4.74 Å². The summed E-state index contributed by atoms with van der Waals surface area (Å²) in [5.74, 6) is 5.88. The summed E-state index contributed by atoms with van der Waals surface area (Å²) in [6, 6.07) is 3.19. The van der Waals surface area contributed by atoms with Crippen molar-refractivity contribution in [3.8, 4) is 11.6 Å². The number of nitrogens with two attached hydrogens (primary N) is 1. The molecule has 0 bridgehead atoms. The Morgan fingerprint density at radius 2 is 1.90 bits per heavy atom. The highest BCUT2D eigenvalue weighted by atomic mass is 35.5. The number of hydrazine groups is 1. The van der Waals surface area contributed by atoms with Gasteiger partial charge in [-0.15, -0.1) is 0 Å². The number of nitrogen functional groups attached to an aromatic ring is 1. The minimum absolute atomic E-state index is 0.276. The molecule has 0 saturated carbocycles. The molecule has 3 N–H and O–H groups in total. The molecule has 2 heterocycles. The molecular weight excluding hydrogens is 315 g/mol. The van der Waals surface area contributed by atoms with E-state index in [0.717, 1.165) is 0 Å². The van der Waals surface area contributed by atoms with Gasteiger partial charge in [0.25, 0.3) is 5.88 Å². The molecule has 0 aliphatic rings. The van der Waals surface area contributed by atoms with Crippen LogP contribution in [0.2, 0.25) is 10.0 Å². The third kappa shape index (κ3) is 2.46. The van der Waals surface area contributed by atoms with Crippen LogP contribution in [0.15, 0.2) is 24.8 Å². The molecule has 3 rings (SSSR count). The molecule has 0 aliphatic carbocycles. The molecule has 0 saturated heterocycles. The number of nitrogens with one attached hydrogen (secondary N) is 1. The van der Waals surface area contributed by atoms with E-state index in [9.17, 15) is 0 Å². The lowest BCUT2D eigenvalue weighted by atomic mass is 10.3. The average molecular weight is 325 g/mol. The van der Waals surface area contributed by atoms with Crippen molar-refractivity contribution in [2.24, 2.45) is 12.9 Å². The first-order valence-electron chi connectivity index (χ1n) is 5.85. The zero-order chi connectivity index (χ0) is 15.0. The molecule has 1 aromatic carbocycles. The summed E-state index contributed by atoms with van der Waals surface area (Å²) >= 11 is 12.3. The van der Waals surface area contributed by atoms with Gasteiger partial charge in [0.15, 0.2) is 16.9 Å². The average Bonchev–Trinajstić information content (AvgIpc) is 2.85. The molecule has 3 aromatic rings. The molecule has 0 spiro atoms. The number of aryl methyl sites for hydroxylation is 1. The predicted octanol–water partition coefficient (Wildman–Crippen LogP) is 2.75. The topological polar surface area (TPSA) is 90.9 Å². The van der Waals surface area contributed by atoms with Crippen LogP contribution in [0.3, 0.4) is 0 Å². The van der Waals surface area contributed by atoms with E-state index < -0.39 is 0 Å². The fourth-order valence-electron chi connectivity index (χ4n) is 1.84. The normalized spacial score (nSPS) is 10.9. The van der Waals surface area contributed by atoms with E-state index in [0.29, 0.717) is 26.9 Å². The van der Waals surface area contributed by atoms with Crippen LogP contribution in [0, 0.1) is 0 Å². The van der Waals surface area contributed by atoms with E-state index in [-0.39, 0.29) is 11.6 Å². The molecule has 0 atom stereocenters. The molecule has 0 unspecified atom stereocenters. The van der Waals surface area contributed by atoms with Crippen molar-refractivity contribution in [3.05, 3.63) is 34.8 Å². The van der Waals surface area contributed by atoms with Crippen LogP contribution in [-0.4, -0.2) is 19.5 Å². The van der Waals surface area contributed by atoms with Gasteiger partial charge in [0.2, 0.25) is 0 Å². The van der Waals surface area contributed by atoms with Crippen LogP contribution in [0.25, 0.3) is 11.2 Å². The van der Waals surface area contributed by atoms with E-state index in [1.807, 2.05) is 7.05 Å². The number of rotatable bonds is 3. The minimum atomic E-state index is 0.276. The number of aromatic nitrogens is 4. The van der Waals surface area contributed by atoms with Crippen molar-refractivity contribution in [2.45, 2.75) is 0 Å². The van der Waals surface area contributed by atoms with Gasteiger partial charge >= 0.3 is 0 Å². The molecule has 108 valence electrons. The summed E-state index contributed by atoms with van der Waals surface area (Å²) in [7, 11) is 1.83. The first-order chi connectivity index (χ1) is 10.1. The number of ether oxygens (including phenoxy) is 1. The standard InChI is InChI=1S/C12H10Cl2N6O/c1-20-5-18-9-11(20)16-4-17-12(9)21-10-7(13)2-6(19-15)3-8(10)14/h2-5,19H,15H2,1H3. The summed E-state index contributed by atoms with van der Waals surface area (Å²) < 4.78 is 7.47. The Labute approximate surface area is 129 Å². The van der Waals surface area contributed by atoms with Gasteiger partial charge in [-0.1, -0.05) is 23.2 Å². The molecule has 0 amide bonds. The SMILES string of the molecule is Cn1cnc2c(Oc3c(Cl)cc(NN)cc3Cl)ncnc21. The van der Waals surface area contributed by atoms with Gasteiger partial charge in [-0.2, -0.15) is 4.98 Å². The second kappa shape index (κ2) is 5.36. The van der Waals surface area contributed by atoms with E-state index in [1.165, 1.54) is 6.33 Å². The Bertz CT molecular complexity index is 796. The van der Waals surface area contributed by atoms with Crippen molar-refractivity contribution in [3.63, 3.8) is 0 Å². The number of hydrogen-bond donors (Lipinski definition) is 2. The van der Waals surface area contributed by atoms with E-state index in [1.54, 1.807) is 23.0 Å². The maximum absolute atomic E-state index is 6.15. The second-order valence-electron chi connectivity index (χ2n) is 4.22. The van der Waals surface area contributed by atoms with Crippen molar-refractivity contribution in [1.82, 2.24) is 19.5 Å². The Balaban J connectivity index is 2.07. The summed E-state index contributed by atoms with van der Waals surface area (Å²) in [6.07, 6.45) is 3.01. The molecular formula is C12H10Cl2N6O. The molecule has 0 fully saturated rings. The van der Waals surface area contributed by atoms with Crippen LogP contribution >= 0.6 is 23.2 Å². The predicted molar refractivity (Wildman–Crippen MR) is 80.7 cm³/mol. The maximum atomic E-state index is 6.15. The van der Waals surface area contributed by atoms with Crippen molar-refractivity contribution >= 4 is 40.1 Å². The summed E-state index contributed by atoms with van der Waals surface area (Å²) in [4.78, 5) is 12.4. The molecule has 7 nitrogen and oxygen atoms in total. The Hall–Kier alpha value is -2.09. The van der Waals surface area contributed by atoms with Gasteiger partial charge in [-0.05, 0) is 12.1 Å². The number of nitrogens with zero attached hydrogens (tertiary/aromatic N) is 4. The van der Waals surface area contributed by atoms with Gasteiger partial charge in [0.05, 0.1) is 22.1 Å². The van der Waals surface area contributed by atoms with Crippen LogP contribution in [0.5, 0.6) is 11.6 Å². The van der Waals surface area contributed by atoms with Gasteiger partial charge in [-0.3, -0.25) is 5.84 Å². The summed E-state index contributed by atoms with van der Waals surface area (Å²) in [6.45, 7) is 0. The zero-order valence-electron chi connectivity index (χ0n) is 10.8. The monoisotopic (exact) mass is 324 g/mol. The maximum Gasteiger partial charge on any atom is 0.251 e. The van der Waals surface area contributed by atoms with Crippen molar-refractivity contribution in [1.29, 1.82) is 0 Å². The lowest BCUT2D eigenvalue weighted by Crippen LogP contribution is -2.06. The van der Waals surface area contributed by atoms with Crippen LogP contribution < -0.4 is 16.0 Å². The lowest BCUT2D eigenvalue weighted by Gasteiger charge is -2.10. The van der Waals surface area contributed by atoms with Crippen LogP contribution in [0.4, 0.5) is 5.69 Å².